The molecule has 8 nitrogen and oxygen atoms in total. The third-order valence-electron chi connectivity index (χ3n) is 6.15. The number of amides is 1. The molecule has 0 aromatic carbocycles. The van der Waals surface area contributed by atoms with Crippen molar-refractivity contribution < 1.29 is 19.0 Å². The molecule has 158 valence electrons. The topological polar surface area (TPSA) is 78.7 Å². The quantitative estimate of drug-likeness (QED) is 0.762. The molecule has 0 radical (unpaired) electrons. The average Bonchev–Trinajstić information content (AvgIpc) is 3.36. The average molecular weight is 402 g/mol. The van der Waals surface area contributed by atoms with Crippen LogP contribution in [0.2, 0.25) is 0 Å². The Morgan fingerprint density at radius 3 is 2.76 bits per heavy atom. The zero-order valence-electron chi connectivity index (χ0n) is 17.7. The van der Waals surface area contributed by atoms with Crippen molar-refractivity contribution in [2.45, 2.75) is 45.8 Å². The molecule has 2 fully saturated rings. The Hall–Kier alpha value is -2.19. The van der Waals surface area contributed by atoms with Gasteiger partial charge in [0.2, 0.25) is 11.8 Å². The Balaban J connectivity index is 1.47. The van der Waals surface area contributed by atoms with Gasteiger partial charge in [0.15, 0.2) is 11.9 Å². The van der Waals surface area contributed by atoms with E-state index < -0.39 is 0 Å². The summed E-state index contributed by atoms with van der Waals surface area (Å²) in [5.74, 6) is 1.04. The highest BCUT2D eigenvalue weighted by molar-refractivity contribution is 5.86. The first kappa shape index (κ1) is 20.1. The number of piperidine rings is 1. The zero-order chi connectivity index (χ0) is 20.5. The monoisotopic (exact) mass is 402 g/mol. The van der Waals surface area contributed by atoms with Crippen LogP contribution < -0.4 is 4.74 Å². The molecule has 2 aliphatic rings. The van der Waals surface area contributed by atoms with Gasteiger partial charge in [-0.1, -0.05) is 0 Å². The molecule has 0 saturated carbocycles. The van der Waals surface area contributed by atoms with E-state index in [9.17, 15) is 4.79 Å². The second-order valence-electron chi connectivity index (χ2n) is 7.98. The number of aromatic nitrogens is 3. The molecule has 4 heterocycles. The fourth-order valence-corrected chi connectivity index (χ4v) is 4.60. The molecular weight excluding hydrogens is 372 g/mol. The lowest BCUT2D eigenvalue weighted by molar-refractivity contribution is -0.139. The number of carbonyl (C=O) groups excluding carboxylic acids is 1. The van der Waals surface area contributed by atoms with E-state index in [1.54, 1.807) is 11.8 Å². The van der Waals surface area contributed by atoms with Gasteiger partial charge in [-0.25, -0.2) is 9.67 Å². The molecule has 4 rings (SSSR count). The standard InChI is InChI=1S/C21H30N4O4/c1-13-16(14(2)22-19-18(13)20(27-4)23-24(19)3)7-8-17(26)25-9-5-6-15(12-25)21-28-10-11-29-21/h15,21H,5-12H2,1-4H3. The second-order valence-corrected chi connectivity index (χ2v) is 7.98. The van der Waals surface area contributed by atoms with Gasteiger partial charge in [-0.15, -0.1) is 5.10 Å². The largest absolute Gasteiger partial charge is 0.479 e. The number of pyridine rings is 1. The Morgan fingerprint density at radius 1 is 1.28 bits per heavy atom. The molecule has 2 aromatic rings. The number of fused-ring (bicyclic) bond motifs is 1. The number of carbonyl (C=O) groups is 1. The zero-order valence-corrected chi connectivity index (χ0v) is 17.7. The SMILES string of the molecule is COc1nn(C)c2nc(C)c(CCC(=O)N3CCCC(C4OCCO4)C3)c(C)c12. The molecule has 0 bridgehead atoms. The first-order valence-corrected chi connectivity index (χ1v) is 10.4. The lowest BCUT2D eigenvalue weighted by Crippen LogP contribution is -2.43. The summed E-state index contributed by atoms with van der Waals surface area (Å²) < 4.78 is 18.5. The van der Waals surface area contributed by atoms with Crippen LogP contribution >= 0.6 is 0 Å². The number of rotatable bonds is 5. The van der Waals surface area contributed by atoms with Gasteiger partial charge in [-0.05, 0) is 44.2 Å². The molecule has 2 aromatic heterocycles. The lowest BCUT2D eigenvalue weighted by atomic mass is 9.96. The third-order valence-corrected chi connectivity index (χ3v) is 6.15. The first-order valence-electron chi connectivity index (χ1n) is 10.4. The predicted octanol–water partition coefficient (Wildman–Crippen LogP) is 2.14. The molecule has 1 unspecified atom stereocenters. The minimum atomic E-state index is -0.153. The number of likely N-dealkylation sites (tertiary alicyclic amines) is 1. The van der Waals surface area contributed by atoms with Crippen molar-refractivity contribution in [2.24, 2.45) is 13.0 Å². The normalized spacial score (nSPS) is 20.6. The van der Waals surface area contributed by atoms with E-state index in [0.29, 0.717) is 31.9 Å². The maximum atomic E-state index is 12.9. The van der Waals surface area contributed by atoms with Crippen LogP contribution in [-0.2, 0) is 27.7 Å². The van der Waals surface area contributed by atoms with E-state index in [1.807, 2.05) is 18.9 Å². The maximum absolute atomic E-state index is 12.9. The van der Waals surface area contributed by atoms with Crippen molar-refractivity contribution >= 4 is 16.9 Å². The summed E-state index contributed by atoms with van der Waals surface area (Å²) in [6, 6.07) is 0. The Kier molecular flexibility index (Phi) is 5.74. The minimum Gasteiger partial charge on any atom is -0.479 e. The number of ether oxygens (including phenoxy) is 3. The summed E-state index contributed by atoms with van der Waals surface area (Å²) >= 11 is 0. The van der Waals surface area contributed by atoms with Crippen LogP contribution in [0.5, 0.6) is 5.88 Å². The van der Waals surface area contributed by atoms with Gasteiger partial charge in [0.1, 0.15) is 0 Å². The molecule has 29 heavy (non-hydrogen) atoms. The molecule has 0 aliphatic carbocycles. The summed E-state index contributed by atoms with van der Waals surface area (Å²) in [6.07, 6.45) is 3.03. The fraction of sp³-hybridized carbons (Fsp3) is 0.667. The minimum absolute atomic E-state index is 0.153. The summed E-state index contributed by atoms with van der Waals surface area (Å²) in [5.41, 5.74) is 3.95. The van der Waals surface area contributed by atoms with E-state index in [1.165, 1.54) is 0 Å². The summed E-state index contributed by atoms with van der Waals surface area (Å²) in [6.45, 7) is 6.90. The number of aryl methyl sites for hydroxylation is 3. The van der Waals surface area contributed by atoms with Gasteiger partial charge in [0, 0.05) is 38.2 Å². The Morgan fingerprint density at radius 2 is 2.03 bits per heavy atom. The summed E-state index contributed by atoms with van der Waals surface area (Å²) in [4.78, 5) is 19.6. The number of hydrogen-bond acceptors (Lipinski definition) is 6. The highest BCUT2D eigenvalue weighted by Gasteiger charge is 2.32. The van der Waals surface area contributed by atoms with Gasteiger partial charge in [0.25, 0.3) is 0 Å². The van der Waals surface area contributed by atoms with Gasteiger partial charge in [0.05, 0.1) is 25.7 Å². The van der Waals surface area contributed by atoms with Crippen LogP contribution in [-0.4, -0.2) is 65.3 Å². The molecule has 2 saturated heterocycles. The lowest BCUT2D eigenvalue weighted by Gasteiger charge is -2.34. The predicted molar refractivity (Wildman–Crippen MR) is 108 cm³/mol. The smallest absolute Gasteiger partial charge is 0.242 e. The highest BCUT2D eigenvalue weighted by atomic mass is 16.7. The second kappa shape index (κ2) is 8.28. The van der Waals surface area contributed by atoms with Crippen molar-refractivity contribution in [1.29, 1.82) is 0 Å². The van der Waals surface area contributed by atoms with Gasteiger partial charge >= 0.3 is 0 Å². The van der Waals surface area contributed by atoms with Crippen LogP contribution in [0, 0.1) is 19.8 Å². The van der Waals surface area contributed by atoms with Crippen LogP contribution in [0.15, 0.2) is 0 Å². The van der Waals surface area contributed by atoms with Crippen molar-refractivity contribution in [3.63, 3.8) is 0 Å². The molecule has 0 N–H and O–H groups in total. The molecule has 8 heteroatoms. The van der Waals surface area contributed by atoms with Gasteiger partial charge in [-0.3, -0.25) is 4.79 Å². The molecular formula is C21H30N4O4. The van der Waals surface area contributed by atoms with Crippen LogP contribution in [0.3, 0.4) is 0 Å². The van der Waals surface area contributed by atoms with Crippen molar-refractivity contribution in [3.05, 3.63) is 16.8 Å². The maximum Gasteiger partial charge on any atom is 0.242 e. The molecule has 1 atom stereocenters. The molecule has 2 aliphatic heterocycles. The van der Waals surface area contributed by atoms with Crippen LogP contribution in [0.4, 0.5) is 0 Å². The van der Waals surface area contributed by atoms with E-state index in [-0.39, 0.29) is 18.1 Å². The number of hydrogen-bond donors (Lipinski definition) is 0. The Bertz CT molecular complexity index is 904. The number of methoxy groups -OCH3 is 1. The summed E-state index contributed by atoms with van der Waals surface area (Å²) in [5, 5.41) is 5.33. The van der Waals surface area contributed by atoms with E-state index in [0.717, 1.165) is 53.8 Å². The van der Waals surface area contributed by atoms with E-state index >= 15 is 0 Å². The number of nitrogens with zero attached hydrogens (tertiary/aromatic N) is 4. The van der Waals surface area contributed by atoms with Crippen molar-refractivity contribution in [3.8, 4) is 5.88 Å². The van der Waals surface area contributed by atoms with Crippen LogP contribution in [0.1, 0.15) is 36.1 Å². The summed E-state index contributed by atoms with van der Waals surface area (Å²) in [7, 11) is 3.49. The van der Waals surface area contributed by atoms with Crippen LogP contribution in [0.25, 0.3) is 11.0 Å². The van der Waals surface area contributed by atoms with E-state index in [2.05, 4.69) is 12.0 Å². The van der Waals surface area contributed by atoms with Crippen molar-refractivity contribution in [1.82, 2.24) is 19.7 Å². The third kappa shape index (κ3) is 3.83. The van der Waals surface area contributed by atoms with Gasteiger partial charge in [-0.2, -0.15) is 0 Å². The first-order chi connectivity index (χ1) is 14.0. The Labute approximate surface area is 171 Å². The van der Waals surface area contributed by atoms with Gasteiger partial charge < -0.3 is 19.1 Å². The fourth-order valence-electron chi connectivity index (χ4n) is 4.60. The highest BCUT2D eigenvalue weighted by Crippen LogP contribution is 2.31. The van der Waals surface area contributed by atoms with E-state index in [4.69, 9.17) is 19.2 Å². The molecule has 1 amide bonds. The molecule has 0 spiro atoms. The van der Waals surface area contributed by atoms with Crippen molar-refractivity contribution in [2.75, 3.05) is 33.4 Å².